The van der Waals surface area contributed by atoms with Gasteiger partial charge in [0.05, 0.1) is 16.5 Å². The number of nitrogens with one attached hydrogen (secondary N) is 1. The average Bonchev–Trinajstić information content (AvgIpc) is 2.84. The van der Waals surface area contributed by atoms with Gasteiger partial charge < -0.3 is 4.90 Å². The smallest absolute Gasteiger partial charge is 0.240 e. The van der Waals surface area contributed by atoms with Crippen molar-refractivity contribution in [2.45, 2.75) is 45.1 Å². The minimum atomic E-state index is -3.73. The van der Waals surface area contributed by atoms with Crippen molar-refractivity contribution in [3.8, 4) is 6.07 Å². The number of rotatable bonds is 9. The number of amides is 1. The summed E-state index contributed by atoms with van der Waals surface area (Å²) in [6.07, 6.45) is 6.89. The molecule has 7 nitrogen and oxygen atoms in total. The predicted molar refractivity (Wildman–Crippen MR) is 135 cm³/mol. The van der Waals surface area contributed by atoms with Crippen molar-refractivity contribution in [2.24, 2.45) is 23.7 Å². The second kappa shape index (κ2) is 11.6. The molecule has 186 valence electrons. The van der Waals surface area contributed by atoms with E-state index in [9.17, 15) is 13.2 Å². The summed E-state index contributed by atoms with van der Waals surface area (Å²) in [6.45, 7) is 7.12. The van der Waals surface area contributed by atoms with Crippen LogP contribution in [0.2, 0.25) is 0 Å². The molecule has 1 aromatic heterocycles. The minimum Gasteiger partial charge on any atom is -0.341 e. The maximum Gasteiger partial charge on any atom is 0.240 e. The van der Waals surface area contributed by atoms with Gasteiger partial charge in [-0.15, -0.1) is 0 Å². The van der Waals surface area contributed by atoms with Gasteiger partial charge in [-0.2, -0.15) is 5.26 Å². The number of carbonyl (C=O) groups is 1. The van der Waals surface area contributed by atoms with E-state index in [0.29, 0.717) is 24.4 Å². The fourth-order valence-electron chi connectivity index (χ4n) is 4.75. The van der Waals surface area contributed by atoms with Crippen LogP contribution in [-0.4, -0.2) is 37.8 Å². The van der Waals surface area contributed by atoms with E-state index in [0.717, 1.165) is 17.6 Å². The average molecular weight is 495 g/mol. The van der Waals surface area contributed by atoms with Crippen LogP contribution in [0.1, 0.15) is 44.7 Å². The van der Waals surface area contributed by atoms with Gasteiger partial charge in [-0.1, -0.05) is 37.6 Å². The number of nitrogens with zero attached hydrogens (tertiary/aromatic N) is 3. The van der Waals surface area contributed by atoms with E-state index < -0.39 is 10.0 Å². The second-order valence-electron chi connectivity index (χ2n) is 9.72. The number of carbonyl (C=O) groups excluding carboxylic acids is 1. The van der Waals surface area contributed by atoms with Crippen LogP contribution in [0.5, 0.6) is 0 Å². The van der Waals surface area contributed by atoms with E-state index in [1.807, 2.05) is 32.2 Å². The number of sulfonamides is 1. The van der Waals surface area contributed by atoms with Crippen molar-refractivity contribution in [1.82, 2.24) is 14.6 Å². The van der Waals surface area contributed by atoms with Crippen LogP contribution in [0.4, 0.5) is 0 Å². The fourth-order valence-corrected chi connectivity index (χ4v) is 5.87. The number of hydrogen-bond donors (Lipinski definition) is 1. The Morgan fingerprint density at radius 2 is 2.06 bits per heavy atom. The highest BCUT2D eigenvalue weighted by Crippen LogP contribution is 2.39. The molecule has 8 heteroatoms. The Kier molecular flexibility index (Phi) is 8.82. The summed E-state index contributed by atoms with van der Waals surface area (Å²) in [6, 6.07) is 11.8. The zero-order valence-corrected chi connectivity index (χ0v) is 21.6. The van der Waals surface area contributed by atoms with Gasteiger partial charge in [-0.3, -0.25) is 9.78 Å². The Morgan fingerprint density at radius 3 is 2.71 bits per heavy atom. The predicted octanol–water partition coefficient (Wildman–Crippen LogP) is 4.13. The highest BCUT2D eigenvalue weighted by atomic mass is 32.2. The number of allylic oxidation sites excluding steroid dienone is 1. The first-order valence-electron chi connectivity index (χ1n) is 11.9. The van der Waals surface area contributed by atoms with Gasteiger partial charge in [-0.05, 0) is 66.8 Å². The molecule has 35 heavy (non-hydrogen) atoms. The molecule has 3 atom stereocenters. The molecule has 3 unspecified atom stereocenters. The summed E-state index contributed by atoms with van der Waals surface area (Å²) in [4.78, 5) is 18.9. The molecule has 1 aliphatic rings. The van der Waals surface area contributed by atoms with Gasteiger partial charge in [0.15, 0.2) is 0 Å². The van der Waals surface area contributed by atoms with Crippen molar-refractivity contribution in [1.29, 1.82) is 5.26 Å². The Hall–Kier alpha value is -3.02. The zero-order chi connectivity index (χ0) is 25.6. The van der Waals surface area contributed by atoms with Gasteiger partial charge in [0.1, 0.15) is 0 Å². The largest absolute Gasteiger partial charge is 0.341 e. The maximum absolute atomic E-state index is 12.9. The summed E-state index contributed by atoms with van der Waals surface area (Å²) in [5, 5.41) is 9.08. The Labute approximate surface area is 208 Å². The van der Waals surface area contributed by atoms with Crippen molar-refractivity contribution in [3.05, 3.63) is 71.6 Å². The lowest BCUT2D eigenvalue weighted by Gasteiger charge is -2.37. The zero-order valence-electron chi connectivity index (χ0n) is 20.8. The number of aromatic nitrogens is 1. The number of pyridine rings is 1. The third kappa shape index (κ3) is 7.00. The van der Waals surface area contributed by atoms with Crippen molar-refractivity contribution in [2.75, 3.05) is 13.6 Å². The first kappa shape index (κ1) is 26.6. The molecule has 0 bridgehead atoms. The highest BCUT2D eigenvalue weighted by Gasteiger charge is 2.33. The highest BCUT2D eigenvalue weighted by molar-refractivity contribution is 7.89. The molecule has 1 heterocycles. The second-order valence-corrected chi connectivity index (χ2v) is 11.5. The van der Waals surface area contributed by atoms with Crippen LogP contribution in [-0.2, 0) is 21.4 Å². The molecule has 1 aromatic carbocycles. The van der Waals surface area contributed by atoms with Crippen LogP contribution < -0.4 is 4.72 Å². The standard InChI is InChI=1S/C27H34N4O3S/c1-19(2)26-13-23(14-27(32)31(4)18-22-8-6-10-29-16-22)20(3)11-24(26)17-30-35(33,34)25-9-5-7-21(12-25)15-28/h5-12,16,19,23-24,26,30H,13-14,17-18H2,1-4H3. The van der Waals surface area contributed by atoms with Gasteiger partial charge in [0, 0.05) is 39.0 Å². The van der Waals surface area contributed by atoms with E-state index in [2.05, 4.69) is 29.6 Å². The Bertz CT molecular complexity index is 1200. The van der Waals surface area contributed by atoms with Crippen LogP contribution in [0.15, 0.2) is 65.3 Å². The molecule has 0 saturated carbocycles. The third-order valence-corrected chi connectivity index (χ3v) is 8.28. The summed E-state index contributed by atoms with van der Waals surface area (Å²) in [7, 11) is -1.91. The molecular weight excluding hydrogens is 460 g/mol. The van der Waals surface area contributed by atoms with Gasteiger partial charge in [-0.25, -0.2) is 13.1 Å². The van der Waals surface area contributed by atoms with E-state index in [1.54, 1.807) is 29.4 Å². The molecule has 0 aliphatic heterocycles. The fraction of sp³-hybridized carbons (Fsp3) is 0.444. The third-order valence-electron chi connectivity index (χ3n) is 6.86. The minimum absolute atomic E-state index is 0.0309. The molecule has 0 saturated heterocycles. The van der Waals surface area contributed by atoms with Crippen molar-refractivity contribution < 1.29 is 13.2 Å². The van der Waals surface area contributed by atoms with Gasteiger partial charge in [0.2, 0.25) is 15.9 Å². The Morgan fingerprint density at radius 1 is 1.29 bits per heavy atom. The maximum atomic E-state index is 12.9. The number of benzene rings is 1. The first-order valence-corrected chi connectivity index (χ1v) is 13.4. The van der Waals surface area contributed by atoms with E-state index >= 15 is 0 Å². The molecule has 2 aromatic rings. The topological polar surface area (TPSA) is 103 Å². The molecule has 1 N–H and O–H groups in total. The van der Waals surface area contributed by atoms with E-state index in [4.69, 9.17) is 5.26 Å². The van der Waals surface area contributed by atoms with Crippen LogP contribution in [0.25, 0.3) is 0 Å². The number of nitriles is 1. The SMILES string of the molecule is CC1=CC(CNS(=O)(=O)c2cccc(C#N)c2)C(C(C)C)CC1CC(=O)N(C)Cc1cccnc1. The lowest BCUT2D eigenvalue weighted by molar-refractivity contribution is -0.131. The molecule has 0 fully saturated rings. The van der Waals surface area contributed by atoms with Crippen LogP contribution >= 0.6 is 0 Å². The summed E-state index contributed by atoms with van der Waals surface area (Å²) in [5.74, 6) is 0.829. The van der Waals surface area contributed by atoms with Crippen molar-refractivity contribution in [3.63, 3.8) is 0 Å². The lowest BCUT2D eigenvalue weighted by atomic mass is 9.70. The molecule has 1 amide bonds. The van der Waals surface area contributed by atoms with Crippen LogP contribution in [0, 0.1) is 35.0 Å². The first-order chi connectivity index (χ1) is 16.6. The molecule has 0 spiro atoms. The van der Waals surface area contributed by atoms with Crippen molar-refractivity contribution >= 4 is 15.9 Å². The summed E-state index contributed by atoms with van der Waals surface area (Å²) in [5.41, 5.74) is 2.43. The normalized spacial score (nSPS) is 20.2. The quantitative estimate of drug-likeness (QED) is 0.528. The number of hydrogen-bond acceptors (Lipinski definition) is 5. The molecule has 0 radical (unpaired) electrons. The molecular formula is C27H34N4O3S. The summed E-state index contributed by atoms with van der Waals surface area (Å²) < 4.78 is 28.4. The molecule has 1 aliphatic carbocycles. The van der Waals surface area contributed by atoms with E-state index in [1.165, 1.54) is 12.1 Å². The monoisotopic (exact) mass is 494 g/mol. The Balaban J connectivity index is 1.67. The summed E-state index contributed by atoms with van der Waals surface area (Å²) >= 11 is 0. The van der Waals surface area contributed by atoms with Gasteiger partial charge in [0.25, 0.3) is 0 Å². The lowest BCUT2D eigenvalue weighted by Crippen LogP contribution is -2.38. The van der Waals surface area contributed by atoms with Gasteiger partial charge >= 0.3 is 0 Å². The van der Waals surface area contributed by atoms with Crippen LogP contribution in [0.3, 0.4) is 0 Å². The molecule has 3 rings (SSSR count). The van der Waals surface area contributed by atoms with E-state index in [-0.39, 0.29) is 35.1 Å².